The number of hydrogen-bond acceptors (Lipinski definition) is 4. The molecule has 3 aromatic carbocycles. The summed E-state index contributed by atoms with van der Waals surface area (Å²) >= 11 is 0. The standard InChI is InChI=1S/C25H27N3O3/c1-18-10-12-19(13-11-18)15-28-25(30)22-8-3-4-9-23(22)26-17-24(29)27-16-20-6-5-7-21(14-20)31-2/h3-14,26H,15-17H2,1-2H3,(H,27,29)(H,28,30). The summed E-state index contributed by atoms with van der Waals surface area (Å²) in [7, 11) is 1.61. The van der Waals surface area contributed by atoms with E-state index < -0.39 is 0 Å². The van der Waals surface area contributed by atoms with E-state index in [1.165, 1.54) is 5.56 Å². The van der Waals surface area contributed by atoms with E-state index in [1.54, 1.807) is 25.3 Å². The molecule has 0 aliphatic rings. The van der Waals surface area contributed by atoms with E-state index in [2.05, 4.69) is 16.0 Å². The molecule has 0 atom stereocenters. The van der Waals surface area contributed by atoms with Crippen molar-refractivity contribution in [3.05, 3.63) is 95.1 Å². The van der Waals surface area contributed by atoms with Crippen LogP contribution in [0.3, 0.4) is 0 Å². The molecule has 0 heterocycles. The Kier molecular flexibility index (Phi) is 7.65. The third-order valence-electron chi connectivity index (χ3n) is 4.81. The number of hydrogen-bond donors (Lipinski definition) is 3. The molecule has 6 nitrogen and oxygen atoms in total. The van der Waals surface area contributed by atoms with Gasteiger partial charge in [-0.3, -0.25) is 9.59 Å². The predicted octanol–water partition coefficient (Wildman–Crippen LogP) is 3.66. The number of para-hydroxylation sites is 1. The van der Waals surface area contributed by atoms with E-state index in [0.29, 0.717) is 24.3 Å². The van der Waals surface area contributed by atoms with Crippen molar-refractivity contribution in [1.29, 1.82) is 0 Å². The number of anilines is 1. The smallest absolute Gasteiger partial charge is 0.253 e. The Bertz CT molecular complexity index is 1030. The van der Waals surface area contributed by atoms with Crippen LogP contribution in [0.4, 0.5) is 5.69 Å². The molecule has 0 saturated heterocycles. The van der Waals surface area contributed by atoms with Gasteiger partial charge in [0, 0.05) is 18.8 Å². The number of carbonyl (C=O) groups excluding carboxylic acids is 2. The van der Waals surface area contributed by atoms with Gasteiger partial charge in [0.05, 0.1) is 19.2 Å². The van der Waals surface area contributed by atoms with Gasteiger partial charge in [-0.2, -0.15) is 0 Å². The van der Waals surface area contributed by atoms with E-state index in [9.17, 15) is 9.59 Å². The molecule has 0 unspecified atom stereocenters. The number of carbonyl (C=O) groups is 2. The quantitative estimate of drug-likeness (QED) is 0.496. The third-order valence-corrected chi connectivity index (χ3v) is 4.81. The summed E-state index contributed by atoms with van der Waals surface area (Å²) < 4.78 is 5.19. The Morgan fingerprint density at radius 3 is 2.35 bits per heavy atom. The van der Waals surface area contributed by atoms with Crippen molar-refractivity contribution < 1.29 is 14.3 Å². The maximum Gasteiger partial charge on any atom is 0.253 e. The first-order valence-corrected chi connectivity index (χ1v) is 10.1. The molecule has 0 saturated carbocycles. The molecule has 0 bridgehead atoms. The average molecular weight is 418 g/mol. The number of aryl methyl sites for hydroxylation is 1. The predicted molar refractivity (Wildman–Crippen MR) is 122 cm³/mol. The number of methoxy groups -OCH3 is 1. The van der Waals surface area contributed by atoms with E-state index in [-0.39, 0.29) is 18.4 Å². The molecular weight excluding hydrogens is 390 g/mol. The van der Waals surface area contributed by atoms with Crippen LogP contribution in [0.1, 0.15) is 27.0 Å². The van der Waals surface area contributed by atoms with E-state index in [0.717, 1.165) is 16.9 Å². The highest BCUT2D eigenvalue weighted by Crippen LogP contribution is 2.15. The van der Waals surface area contributed by atoms with Gasteiger partial charge in [-0.15, -0.1) is 0 Å². The SMILES string of the molecule is COc1cccc(CNC(=O)CNc2ccccc2C(=O)NCc2ccc(C)cc2)c1. The molecule has 0 aromatic heterocycles. The van der Waals surface area contributed by atoms with Crippen molar-refractivity contribution in [2.75, 3.05) is 19.0 Å². The Balaban J connectivity index is 1.52. The van der Waals surface area contributed by atoms with Gasteiger partial charge in [-0.25, -0.2) is 0 Å². The zero-order chi connectivity index (χ0) is 22.1. The maximum absolute atomic E-state index is 12.7. The molecule has 0 radical (unpaired) electrons. The minimum Gasteiger partial charge on any atom is -0.497 e. The van der Waals surface area contributed by atoms with Gasteiger partial charge < -0.3 is 20.7 Å². The fourth-order valence-electron chi connectivity index (χ4n) is 3.04. The van der Waals surface area contributed by atoms with Gasteiger partial charge in [0.25, 0.3) is 5.91 Å². The van der Waals surface area contributed by atoms with Crippen molar-refractivity contribution in [1.82, 2.24) is 10.6 Å². The number of amides is 2. The lowest BCUT2D eigenvalue weighted by atomic mass is 10.1. The van der Waals surface area contributed by atoms with E-state index >= 15 is 0 Å². The first-order valence-electron chi connectivity index (χ1n) is 10.1. The van der Waals surface area contributed by atoms with Gasteiger partial charge in [0.1, 0.15) is 5.75 Å². The van der Waals surface area contributed by atoms with Gasteiger partial charge in [0.15, 0.2) is 0 Å². The monoisotopic (exact) mass is 417 g/mol. The summed E-state index contributed by atoms with van der Waals surface area (Å²) in [6.07, 6.45) is 0. The van der Waals surface area contributed by atoms with Crippen LogP contribution < -0.4 is 20.7 Å². The summed E-state index contributed by atoms with van der Waals surface area (Å²) in [5.74, 6) is 0.383. The molecule has 3 rings (SSSR count). The largest absolute Gasteiger partial charge is 0.497 e. The Morgan fingerprint density at radius 2 is 1.58 bits per heavy atom. The molecule has 3 aromatic rings. The van der Waals surface area contributed by atoms with Gasteiger partial charge in [-0.1, -0.05) is 54.1 Å². The topological polar surface area (TPSA) is 79.5 Å². The average Bonchev–Trinajstić information content (AvgIpc) is 2.81. The van der Waals surface area contributed by atoms with Crippen molar-refractivity contribution in [2.45, 2.75) is 20.0 Å². The van der Waals surface area contributed by atoms with Crippen molar-refractivity contribution in [2.24, 2.45) is 0 Å². The lowest BCUT2D eigenvalue weighted by Gasteiger charge is -2.13. The molecule has 31 heavy (non-hydrogen) atoms. The highest BCUT2D eigenvalue weighted by molar-refractivity contribution is 6.00. The summed E-state index contributed by atoms with van der Waals surface area (Å²) in [4.78, 5) is 24.9. The Labute approximate surface area is 182 Å². The summed E-state index contributed by atoms with van der Waals surface area (Å²) in [6.45, 7) is 2.92. The molecule has 0 aliphatic carbocycles. The first kappa shape index (κ1) is 21.9. The molecule has 6 heteroatoms. The van der Waals surface area contributed by atoms with Crippen LogP contribution in [0.25, 0.3) is 0 Å². The van der Waals surface area contributed by atoms with Crippen LogP contribution in [0.15, 0.2) is 72.8 Å². The molecule has 3 N–H and O–H groups in total. The van der Waals surface area contributed by atoms with Gasteiger partial charge >= 0.3 is 0 Å². The van der Waals surface area contributed by atoms with Crippen molar-refractivity contribution >= 4 is 17.5 Å². The van der Waals surface area contributed by atoms with E-state index in [1.807, 2.05) is 61.5 Å². The zero-order valence-electron chi connectivity index (χ0n) is 17.8. The van der Waals surface area contributed by atoms with Gasteiger partial charge in [0.2, 0.25) is 5.91 Å². The van der Waals surface area contributed by atoms with Gasteiger partial charge in [-0.05, 0) is 42.3 Å². The molecule has 0 aliphatic heterocycles. The summed E-state index contributed by atoms with van der Waals surface area (Å²) in [5, 5.41) is 8.85. The fraction of sp³-hybridized carbons (Fsp3) is 0.200. The molecular formula is C25H27N3O3. The summed E-state index contributed by atoms with van der Waals surface area (Å²) in [5.41, 5.74) is 4.26. The minimum atomic E-state index is -0.194. The van der Waals surface area contributed by atoms with Crippen LogP contribution in [0.5, 0.6) is 5.75 Å². The highest BCUT2D eigenvalue weighted by atomic mass is 16.5. The zero-order valence-corrected chi connectivity index (χ0v) is 17.8. The fourth-order valence-corrected chi connectivity index (χ4v) is 3.04. The Morgan fingerprint density at radius 1 is 0.839 bits per heavy atom. The minimum absolute atomic E-state index is 0.0617. The number of ether oxygens (including phenoxy) is 1. The van der Waals surface area contributed by atoms with Crippen LogP contribution in [0, 0.1) is 6.92 Å². The second-order valence-corrected chi connectivity index (χ2v) is 7.20. The lowest BCUT2D eigenvalue weighted by Crippen LogP contribution is -2.30. The van der Waals surface area contributed by atoms with Crippen molar-refractivity contribution in [3.8, 4) is 5.75 Å². The van der Waals surface area contributed by atoms with E-state index in [4.69, 9.17) is 4.74 Å². The number of rotatable bonds is 9. The molecule has 160 valence electrons. The number of benzene rings is 3. The molecule has 0 spiro atoms. The van der Waals surface area contributed by atoms with Crippen LogP contribution >= 0.6 is 0 Å². The van der Waals surface area contributed by atoms with Crippen LogP contribution in [-0.4, -0.2) is 25.5 Å². The molecule has 2 amide bonds. The normalized spacial score (nSPS) is 10.3. The first-order chi connectivity index (χ1) is 15.0. The lowest BCUT2D eigenvalue weighted by molar-refractivity contribution is -0.119. The third kappa shape index (κ3) is 6.60. The van der Waals surface area contributed by atoms with Crippen LogP contribution in [-0.2, 0) is 17.9 Å². The molecule has 0 fully saturated rings. The van der Waals surface area contributed by atoms with Crippen molar-refractivity contribution in [3.63, 3.8) is 0 Å². The summed E-state index contributed by atoms with van der Waals surface area (Å²) in [6, 6.07) is 22.7. The second-order valence-electron chi connectivity index (χ2n) is 7.20. The number of nitrogens with one attached hydrogen (secondary N) is 3. The second kappa shape index (κ2) is 10.8. The van der Waals surface area contributed by atoms with Crippen LogP contribution in [0.2, 0.25) is 0 Å². The Hall–Kier alpha value is -3.80. The maximum atomic E-state index is 12.7. The highest BCUT2D eigenvalue weighted by Gasteiger charge is 2.11.